The van der Waals surface area contributed by atoms with Gasteiger partial charge in [-0.05, 0) is 44.7 Å². The highest BCUT2D eigenvalue weighted by Gasteiger charge is 2.28. The van der Waals surface area contributed by atoms with Crippen molar-refractivity contribution in [1.82, 2.24) is 24.6 Å². The minimum atomic E-state index is 0.0381. The second-order valence-electron chi connectivity index (χ2n) is 7.86. The van der Waals surface area contributed by atoms with Crippen molar-refractivity contribution in [2.24, 2.45) is 7.05 Å². The minimum absolute atomic E-state index is 0.0381. The third-order valence-corrected chi connectivity index (χ3v) is 5.80. The fourth-order valence-electron chi connectivity index (χ4n) is 4.26. The molecule has 2 aliphatic rings. The molecular weight excluding hydrogens is 354 g/mol. The Hall–Kier alpha value is -2.70. The van der Waals surface area contributed by atoms with Crippen LogP contribution in [0.1, 0.15) is 63.7 Å². The first-order valence-corrected chi connectivity index (χ1v) is 10.1. The lowest BCUT2D eigenvalue weighted by molar-refractivity contribution is 0.0705. The predicted octanol–water partition coefficient (Wildman–Crippen LogP) is 2.38. The molecule has 2 saturated heterocycles. The molecule has 1 atom stereocenters. The van der Waals surface area contributed by atoms with Crippen molar-refractivity contribution in [2.45, 2.75) is 38.5 Å². The van der Waals surface area contributed by atoms with Crippen molar-refractivity contribution >= 4 is 11.8 Å². The fourth-order valence-corrected chi connectivity index (χ4v) is 4.26. The summed E-state index contributed by atoms with van der Waals surface area (Å²) in [6.45, 7) is 4.96. The molecular formula is C21H27N5O2. The SMILES string of the molecule is Cc1nn(C)cc1C(=O)N1CCC[C@H](c2ccc(C(=O)N3CCCC3)cn2)C1. The molecule has 148 valence electrons. The maximum absolute atomic E-state index is 12.9. The Bertz CT molecular complexity index is 867. The lowest BCUT2D eigenvalue weighted by Crippen LogP contribution is -2.39. The topological polar surface area (TPSA) is 71.3 Å². The summed E-state index contributed by atoms with van der Waals surface area (Å²) >= 11 is 0. The average Bonchev–Trinajstić information content (AvgIpc) is 3.37. The molecule has 0 aliphatic carbocycles. The molecule has 7 nitrogen and oxygen atoms in total. The molecule has 0 radical (unpaired) electrons. The second-order valence-corrected chi connectivity index (χ2v) is 7.86. The summed E-state index contributed by atoms with van der Waals surface area (Å²) < 4.78 is 1.68. The van der Waals surface area contributed by atoms with Crippen LogP contribution in [-0.2, 0) is 7.05 Å². The molecule has 28 heavy (non-hydrogen) atoms. The van der Waals surface area contributed by atoms with Crippen molar-refractivity contribution in [3.63, 3.8) is 0 Å². The molecule has 2 aromatic heterocycles. The largest absolute Gasteiger partial charge is 0.339 e. The Kier molecular flexibility index (Phi) is 5.15. The second kappa shape index (κ2) is 7.73. The highest BCUT2D eigenvalue weighted by atomic mass is 16.2. The Morgan fingerprint density at radius 1 is 1.04 bits per heavy atom. The molecule has 2 aromatic rings. The van der Waals surface area contributed by atoms with Gasteiger partial charge in [0.05, 0.1) is 16.8 Å². The van der Waals surface area contributed by atoms with Crippen LogP contribution in [0.5, 0.6) is 0 Å². The van der Waals surface area contributed by atoms with Gasteiger partial charge in [-0.2, -0.15) is 5.10 Å². The number of hydrogen-bond donors (Lipinski definition) is 0. The highest BCUT2D eigenvalue weighted by Crippen LogP contribution is 2.27. The van der Waals surface area contributed by atoms with E-state index in [1.807, 2.05) is 35.9 Å². The van der Waals surface area contributed by atoms with Gasteiger partial charge in [0.1, 0.15) is 0 Å². The molecule has 0 unspecified atom stereocenters. The van der Waals surface area contributed by atoms with Crippen molar-refractivity contribution in [1.29, 1.82) is 0 Å². The zero-order valence-corrected chi connectivity index (χ0v) is 16.6. The first-order chi connectivity index (χ1) is 13.5. The molecule has 4 heterocycles. The van der Waals surface area contributed by atoms with Crippen LogP contribution in [0.3, 0.4) is 0 Å². The highest BCUT2D eigenvalue weighted by molar-refractivity contribution is 5.95. The Balaban J connectivity index is 1.45. The first kappa shape index (κ1) is 18.7. The predicted molar refractivity (Wildman–Crippen MR) is 105 cm³/mol. The van der Waals surface area contributed by atoms with E-state index in [-0.39, 0.29) is 17.7 Å². The van der Waals surface area contributed by atoms with Gasteiger partial charge in [-0.15, -0.1) is 0 Å². The van der Waals surface area contributed by atoms with Crippen molar-refractivity contribution < 1.29 is 9.59 Å². The third kappa shape index (κ3) is 3.66. The normalized spacial score (nSPS) is 19.9. The van der Waals surface area contributed by atoms with Crippen LogP contribution in [0.4, 0.5) is 0 Å². The van der Waals surface area contributed by atoms with Crippen LogP contribution in [0.2, 0.25) is 0 Å². The molecule has 0 bridgehead atoms. The number of carbonyl (C=O) groups excluding carboxylic acids is 2. The van der Waals surface area contributed by atoms with Crippen LogP contribution < -0.4 is 0 Å². The summed E-state index contributed by atoms with van der Waals surface area (Å²) in [5, 5.41) is 4.28. The summed E-state index contributed by atoms with van der Waals surface area (Å²) in [6.07, 6.45) is 7.60. The van der Waals surface area contributed by atoms with Gasteiger partial charge in [0, 0.05) is 57.2 Å². The summed E-state index contributed by atoms with van der Waals surface area (Å²) in [6, 6.07) is 3.84. The van der Waals surface area contributed by atoms with Gasteiger partial charge in [-0.25, -0.2) is 0 Å². The zero-order chi connectivity index (χ0) is 19.7. The van der Waals surface area contributed by atoms with Gasteiger partial charge >= 0.3 is 0 Å². The Morgan fingerprint density at radius 3 is 2.43 bits per heavy atom. The van der Waals surface area contributed by atoms with Crippen LogP contribution in [0.15, 0.2) is 24.5 Å². The van der Waals surface area contributed by atoms with Gasteiger partial charge in [-0.3, -0.25) is 19.3 Å². The number of nitrogens with zero attached hydrogens (tertiary/aromatic N) is 5. The van der Waals surface area contributed by atoms with Crippen LogP contribution in [-0.4, -0.2) is 62.6 Å². The molecule has 2 fully saturated rings. The molecule has 0 aromatic carbocycles. The quantitative estimate of drug-likeness (QED) is 0.818. The minimum Gasteiger partial charge on any atom is -0.339 e. The molecule has 2 aliphatic heterocycles. The molecule has 0 N–H and O–H groups in total. The van der Waals surface area contributed by atoms with E-state index >= 15 is 0 Å². The zero-order valence-electron chi connectivity index (χ0n) is 16.6. The standard InChI is InChI=1S/C21H27N5O2/c1-15-18(14-24(2)23-15)21(28)26-11-5-6-17(13-26)19-8-7-16(12-22-19)20(27)25-9-3-4-10-25/h7-8,12,14,17H,3-6,9-11,13H2,1-2H3/t17-/m0/s1. The fraction of sp³-hybridized carbons (Fsp3) is 0.524. The Morgan fingerprint density at radius 2 is 1.79 bits per heavy atom. The monoisotopic (exact) mass is 381 g/mol. The summed E-state index contributed by atoms with van der Waals surface area (Å²) in [4.78, 5) is 33.8. The van der Waals surface area contributed by atoms with Crippen molar-refractivity contribution in [3.05, 3.63) is 47.0 Å². The van der Waals surface area contributed by atoms with E-state index in [4.69, 9.17) is 0 Å². The van der Waals surface area contributed by atoms with Gasteiger partial charge < -0.3 is 9.80 Å². The molecule has 7 heteroatoms. The number of pyridine rings is 1. The lowest BCUT2D eigenvalue weighted by atomic mass is 9.93. The number of carbonyl (C=O) groups is 2. The van der Waals surface area contributed by atoms with E-state index in [0.717, 1.165) is 56.7 Å². The summed E-state index contributed by atoms with van der Waals surface area (Å²) in [5.74, 6) is 0.311. The average molecular weight is 381 g/mol. The smallest absolute Gasteiger partial charge is 0.257 e. The molecule has 2 amide bonds. The van der Waals surface area contributed by atoms with E-state index in [1.54, 1.807) is 17.1 Å². The molecule has 0 spiro atoms. The van der Waals surface area contributed by atoms with Crippen LogP contribution in [0, 0.1) is 6.92 Å². The van der Waals surface area contributed by atoms with E-state index in [0.29, 0.717) is 17.7 Å². The van der Waals surface area contributed by atoms with Crippen LogP contribution >= 0.6 is 0 Å². The number of aryl methyl sites for hydroxylation is 2. The summed E-state index contributed by atoms with van der Waals surface area (Å²) in [5.41, 5.74) is 3.04. The number of aromatic nitrogens is 3. The van der Waals surface area contributed by atoms with Gasteiger partial charge in [0.2, 0.25) is 0 Å². The number of likely N-dealkylation sites (tertiary alicyclic amines) is 2. The molecule has 0 saturated carbocycles. The number of amides is 2. The van der Waals surface area contributed by atoms with Gasteiger partial charge in [-0.1, -0.05) is 0 Å². The molecule has 4 rings (SSSR count). The maximum atomic E-state index is 12.9. The lowest BCUT2D eigenvalue weighted by Gasteiger charge is -2.32. The van der Waals surface area contributed by atoms with Gasteiger partial charge in [0.15, 0.2) is 0 Å². The van der Waals surface area contributed by atoms with Crippen LogP contribution in [0.25, 0.3) is 0 Å². The number of hydrogen-bond acceptors (Lipinski definition) is 4. The summed E-state index contributed by atoms with van der Waals surface area (Å²) in [7, 11) is 1.83. The number of piperidine rings is 1. The van der Waals surface area contributed by atoms with E-state index in [2.05, 4.69) is 10.1 Å². The maximum Gasteiger partial charge on any atom is 0.257 e. The van der Waals surface area contributed by atoms with Crippen molar-refractivity contribution in [3.8, 4) is 0 Å². The first-order valence-electron chi connectivity index (χ1n) is 10.1. The van der Waals surface area contributed by atoms with Crippen molar-refractivity contribution in [2.75, 3.05) is 26.2 Å². The number of rotatable bonds is 3. The van der Waals surface area contributed by atoms with Gasteiger partial charge in [0.25, 0.3) is 11.8 Å². The van der Waals surface area contributed by atoms with E-state index < -0.39 is 0 Å². The third-order valence-electron chi connectivity index (χ3n) is 5.80. The van der Waals surface area contributed by atoms with E-state index in [1.165, 1.54) is 0 Å². The van der Waals surface area contributed by atoms with E-state index in [9.17, 15) is 9.59 Å². The Labute approximate surface area is 165 Å².